The van der Waals surface area contributed by atoms with Crippen LogP contribution in [-0.4, -0.2) is 46.9 Å². The van der Waals surface area contributed by atoms with Gasteiger partial charge in [0.1, 0.15) is 12.3 Å². The number of hydrogen-bond donors (Lipinski definition) is 3. The maximum absolute atomic E-state index is 12.7. The number of nitrogens with zero attached hydrogens (tertiary/aromatic N) is 1. The van der Waals surface area contributed by atoms with Crippen molar-refractivity contribution >= 4 is 34.4 Å². The van der Waals surface area contributed by atoms with Crippen LogP contribution in [0.3, 0.4) is 0 Å². The van der Waals surface area contributed by atoms with E-state index in [4.69, 9.17) is 9.84 Å². The zero-order chi connectivity index (χ0) is 24.5. The zero-order valence-electron chi connectivity index (χ0n) is 17.1. The van der Waals surface area contributed by atoms with E-state index in [1.165, 1.54) is 5.32 Å². The summed E-state index contributed by atoms with van der Waals surface area (Å²) in [6, 6.07) is 12.5. The molecule has 1 heterocycles. The van der Waals surface area contributed by atoms with E-state index < -0.39 is 35.9 Å². The summed E-state index contributed by atoms with van der Waals surface area (Å²) in [4.78, 5) is 38.7. The van der Waals surface area contributed by atoms with Crippen LogP contribution in [-0.2, 0) is 9.53 Å². The average molecular weight is 491 g/mol. The first kappa shape index (κ1) is 23.2. The molecular formula is C22H16F3N3O5S. The smallest absolute Gasteiger partial charge is 0.419 e. The number of rotatable bonds is 6. The molecule has 1 atom stereocenters. The molecule has 0 saturated heterocycles. The van der Waals surface area contributed by atoms with Gasteiger partial charge in [0.05, 0.1) is 0 Å². The van der Waals surface area contributed by atoms with Crippen LogP contribution >= 0.6 is 11.3 Å². The number of benzene rings is 2. The van der Waals surface area contributed by atoms with Crippen molar-refractivity contribution in [1.82, 2.24) is 10.3 Å². The molecule has 2 amide bonds. The number of halogens is 3. The number of thiazole rings is 1. The number of carbonyl (C=O) groups is 3. The first-order chi connectivity index (χ1) is 16.1. The molecule has 0 saturated carbocycles. The van der Waals surface area contributed by atoms with E-state index in [1.807, 2.05) is 48.5 Å². The van der Waals surface area contributed by atoms with Gasteiger partial charge in [0, 0.05) is 11.3 Å². The molecular weight excluding hydrogens is 475 g/mol. The monoisotopic (exact) mass is 491 g/mol. The average Bonchev–Trinajstić information content (AvgIpc) is 3.37. The number of carboxylic acids is 1. The Hall–Kier alpha value is -3.93. The van der Waals surface area contributed by atoms with Gasteiger partial charge in [-0.05, 0) is 22.3 Å². The quantitative estimate of drug-likeness (QED) is 0.475. The molecule has 3 aromatic rings. The van der Waals surface area contributed by atoms with Crippen molar-refractivity contribution in [2.24, 2.45) is 0 Å². The summed E-state index contributed by atoms with van der Waals surface area (Å²) >= 11 is 0.772. The fourth-order valence-corrected chi connectivity index (χ4v) is 4.32. The van der Waals surface area contributed by atoms with E-state index in [2.05, 4.69) is 10.3 Å². The van der Waals surface area contributed by atoms with E-state index in [0.29, 0.717) is 0 Å². The number of hydrogen-bond acceptors (Lipinski definition) is 6. The molecule has 0 aliphatic heterocycles. The highest BCUT2D eigenvalue weighted by Gasteiger charge is 2.46. The summed E-state index contributed by atoms with van der Waals surface area (Å²) in [6.07, 6.45) is -6.04. The number of aromatic nitrogens is 1. The molecule has 0 fully saturated rings. The Morgan fingerprint density at radius 1 is 1.06 bits per heavy atom. The normalized spacial score (nSPS) is 13.5. The fourth-order valence-electron chi connectivity index (χ4n) is 3.65. The highest BCUT2D eigenvalue weighted by Crippen LogP contribution is 2.44. The number of nitrogens with one attached hydrogen (secondary N) is 2. The number of carbonyl (C=O) groups excluding carboxylic acids is 2. The summed E-state index contributed by atoms with van der Waals surface area (Å²) in [5.41, 5.74) is 3.67. The number of ether oxygens (including phenoxy) is 1. The molecule has 1 aliphatic carbocycles. The number of alkyl halides is 3. The molecule has 1 aromatic heterocycles. The molecule has 34 heavy (non-hydrogen) atoms. The lowest BCUT2D eigenvalue weighted by atomic mass is 9.98. The second kappa shape index (κ2) is 9.14. The number of carboxylic acid groups (broad SMARTS) is 1. The molecule has 1 aliphatic rings. The third-order valence-electron chi connectivity index (χ3n) is 5.14. The van der Waals surface area contributed by atoms with Gasteiger partial charge in [-0.15, -0.1) is 11.3 Å². The SMILES string of the molecule is O=C(Nc1nc(C(=O)NC(C(=O)O)C(F)(F)F)cs1)OCC1c2ccccc2-c2ccccc21. The van der Waals surface area contributed by atoms with E-state index in [-0.39, 0.29) is 17.7 Å². The predicted molar refractivity (Wildman–Crippen MR) is 116 cm³/mol. The van der Waals surface area contributed by atoms with Crippen LogP contribution in [0.15, 0.2) is 53.9 Å². The second-order valence-corrected chi connectivity index (χ2v) is 8.13. The Bertz CT molecular complexity index is 1210. The molecule has 2 aromatic carbocycles. The van der Waals surface area contributed by atoms with E-state index in [0.717, 1.165) is 39.0 Å². The Balaban J connectivity index is 1.38. The molecule has 0 radical (unpaired) electrons. The number of fused-ring (bicyclic) bond motifs is 3. The maximum Gasteiger partial charge on any atom is 0.419 e. The first-order valence-corrected chi connectivity index (χ1v) is 10.7. The lowest BCUT2D eigenvalue weighted by Crippen LogP contribution is -2.50. The Morgan fingerprint density at radius 3 is 2.21 bits per heavy atom. The van der Waals surface area contributed by atoms with Gasteiger partial charge in [-0.3, -0.25) is 10.1 Å². The zero-order valence-corrected chi connectivity index (χ0v) is 17.9. The van der Waals surface area contributed by atoms with Gasteiger partial charge >= 0.3 is 18.2 Å². The highest BCUT2D eigenvalue weighted by molar-refractivity contribution is 7.14. The molecule has 1 unspecified atom stereocenters. The van der Waals surface area contributed by atoms with Gasteiger partial charge in [-0.2, -0.15) is 13.2 Å². The second-order valence-electron chi connectivity index (χ2n) is 7.27. The van der Waals surface area contributed by atoms with Crippen molar-refractivity contribution < 1.29 is 37.4 Å². The van der Waals surface area contributed by atoms with Crippen LogP contribution in [0.4, 0.5) is 23.1 Å². The molecule has 4 rings (SSSR count). The minimum atomic E-state index is -5.18. The van der Waals surface area contributed by atoms with Crippen molar-refractivity contribution in [2.75, 3.05) is 11.9 Å². The Kier molecular flexibility index (Phi) is 6.24. The largest absolute Gasteiger partial charge is 0.479 e. The Labute approximate surface area is 194 Å². The summed E-state index contributed by atoms with van der Waals surface area (Å²) in [5, 5.41) is 13.3. The molecule has 176 valence electrons. The lowest BCUT2D eigenvalue weighted by molar-refractivity contribution is -0.178. The van der Waals surface area contributed by atoms with Gasteiger partial charge in [-0.25, -0.2) is 14.6 Å². The summed E-state index contributed by atoms with van der Waals surface area (Å²) in [5.74, 6) is -3.78. The van der Waals surface area contributed by atoms with Crippen molar-refractivity contribution in [3.8, 4) is 11.1 Å². The molecule has 0 bridgehead atoms. The van der Waals surface area contributed by atoms with Crippen LogP contribution in [0.2, 0.25) is 0 Å². The van der Waals surface area contributed by atoms with Gasteiger partial charge in [0.2, 0.25) is 6.04 Å². The summed E-state index contributed by atoms with van der Waals surface area (Å²) in [6.45, 7) is 0.0322. The molecule has 0 spiro atoms. The van der Waals surface area contributed by atoms with E-state index >= 15 is 0 Å². The van der Waals surface area contributed by atoms with Crippen molar-refractivity contribution in [2.45, 2.75) is 18.1 Å². The van der Waals surface area contributed by atoms with Crippen molar-refractivity contribution in [3.05, 3.63) is 70.7 Å². The highest BCUT2D eigenvalue weighted by atomic mass is 32.1. The summed E-state index contributed by atoms with van der Waals surface area (Å²) < 4.78 is 43.6. The number of aliphatic carboxylic acids is 1. The van der Waals surface area contributed by atoms with Crippen LogP contribution in [0, 0.1) is 0 Å². The lowest BCUT2D eigenvalue weighted by Gasteiger charge is -2.16. The number of amides is 2. The molecule has 8 nitrogen and oxygen atoms in total. The van der Waals surface area contributed by atoms with Gasteiger partial charge in [0.15, 0.2) is 5.13 Å². The van der Waals surface area contributed by atoms with Crippen LogP contribution in [0.1, 0.15) is 27.5 Å². The third kappa shape index (κ3) is 4.71. The van der Waals surface area contributed by atoms with Gasteiger partial charge < -0.3 is 15.2 Å². The van der Waals surface area contributed by atoms with Crippen LogP contribution in [0.5, 0.6) is 0 Å². The van der Waals surface area contributed by atoms with E-state index in [9.17, 15) is 27.6 Å². The fraction of sp³-hybridized carbons (Fsp3) is 0.182. The van der Waals surface area contributed by atoms with E-state index in [1.54, 1.807) is 0 Å². The van der Waals surface area contributed by atoms with Gasteiger partial charge in [-0.1, -0.05) is 48.5 Å². The summed E-state index contributed by atoms with van der Waals surface area (Å²) in [7, 11) is 0. The predicted octanol–water partition coefficient (Wildman–Crippen LogP) is 4.25. The van der Waals surface area contributed by atoms with Crippen molar-refractivity contribution in [3.63, 3.8) is 0 Å². The van der Waals surface area contributed by atoms with Crippen molar-refractivity contribution in [1.29, 1.82) is 0 Å². The molecule has 12 heteroatoms. The topological polar surface area (TPSA) is 118 Å². The number of anilines is 1. The minimum Gasteiger partial charge on any atom is -0.479 e. The maximum atomic E-state index is 12.7. The minimum absolute atomic E-state index is 0.0322. The van der Waals surface area contributed by atoms with Gasteiger partial charge in [0.25, 0.3) is 5.91 Å². The van der Waals surface area contributed by atoms with Crippen LogP contribution < -0.4 is 10.6 Å². The van der Waals surface area contributed by atoms with Crippen LogP contribution in [0.25, 0.3) is 11.1 Å². The Morgan fingerprint density at radius 2 is 1.65 bits per heavy atom. The molecule has 3 N–H and O–H groups in total. The standard InChI is InChI=1S/C22H16F3N3O5S/c23-22(24,25)17(19(30)31)27-18(29)16-10-34-20(26-16)28-21(32)33-9-15-13-7-3-1-5-11(13)12-6-2-4-8-14(12)15/h1-8,10,15,17H,9H2,(H,27,29)(H,30,31)(H,26,28,32). The first-order valence-electron chi connectivity index (χ1n) is 9.83. The third-order valence-corrected chi connectivity index (χ3v) is 5.90.